The summed E-state index contributed by atoms with van der Waals surface area (Å²) < 4.78 is 46.7. The number of methoxy groups -OCH3 is 1. The minimum Gasteiger partial charge on any atom is -0.380 e. The van der Waals surface area contributed by atoms with E-state index in [-0.39, 0.29) is 23.3 Å². The summed E-state index contributed by atoms with van der Waals surface area (Å²) >= 11 is 1.09. The van der Waals surface area contributed by atoms with Gasteiger partial charge in [-0.15, -0.1) is 11.8 Å². The van der Waals surface area contributed by atoms with Gasteiger partial charge in [-0.05, 0) is 30.7 Å². The molecule has 1 unspecified atom stereocenters. The van der Waals surface area contributed by atoms with Gasteiger partial charge in [-0.25, -0.2) is 18.2 Å². The topological polar surface area (TPSA) is 51.2 Å². The first kappa shape index (κ1) is 22.2. The van der Waals surface area contributed by atoms with Crippen LogP contribution in [0.2, 0.25) is 0 Å². The van der Waals surface area contributed by atoms with Crippen LogP contribution >= 0.6 is 11.8 Å². The number of benzene rings is 1. The van der Waals surface area contributed by atoms with Crippen molar-refractivity contribution in [3.8, 4) is 0 Å². The predicted molar refractivity (Wildman–Crippen MR) is 103 cm³/mol. The van der Waals surface area contributed by atoms with Crippen LogP contribution in [0.4, 0.5) is 13.2 Å². The summed E-state index contributed by atoms with van der Waals surface area (Å²) in [6.45, 7) is 2.31. The normalized spacial score (nSPS) is 12.6. The third kappa shape index (κ3) is 6.24. The molecule has 2 aromatic rings. The van der Waals surface area contributed by atoms with Crippen molar-refractivity contribution in [2.24, 2.45) is 0 Å². The number of nitrogens with one attached hydrogen (secondary N) is 1. The van der Waals surface area contributed by atoms with E-state index < -0.39 is 18.2 Å². The fourth-order valence-corrected chi connectivity index (χ4v) is 3.49. The molecule has 0 aliphatic rings. The molecule has 0 saturated heterocycles. The lowest BCUT2D eigenvalue weighted by atomic mass is 10.1. The first-order valence-corrected chi connectivity index (χ1v) is 9.88. The second-order valence-corrected chi connectivity index (χ2v) is 7.23. The van der Waals surface area contributed by atoms with Gasteiger partial charge in [-0.1, -0.05) is 19.1 Å². The summed E-state index contributed by atoms with van der Waals surface area (Å²) in [7, 11) is 1.58. The lowest BCUT2D eigenvalue weighted by Crippen LogP contribution is -2.33. The van der Waals surface area contributed by atoms with E-state index in [1.54, 1.807) is 19.2 Å². The molecule has 0 spiro atoms. The lowest BCUT2D eigenvalue weighted by Gasteiger charge is -2.17. The third-order valence-corrected chi connectivity index (χ3v) is 5.22. The van der Waals surface area contributed by atoms with Crippen LogP contribution in [0.15, 0.2) is 47.6 Å². The predicted octanol–water partition coefficient (Wildman–Crippen LogP) is 4.65. The average molecular weight is 412 g/mol. The van der Waals surface area contributed by atoms with Crippen molar-refractivity contribution in [3.63, 3.8) is 0 Å². The summed E-state index contributed by atoms with van der Waals surface area (Å²) in [5.41, 5.74) is 0.0993. The van der Waals surface area contributed by atoms with Gasteiger partial charge in [0.25, 0.3) is 11.8 Å². The number of amides is 1. The van der Waals surface area contributed by atoms with Crippen LogP contribution in [-0.4, -0.2) is 36.4 Å². The Labute approximate surface area is 166 Å². The number of aromatic nitrogens is 1. The number of hydrogen-bond acceptors (Lipinski definition) is 4. The van der Waals surface area contributed by atoms with Crippen molar-refractivity contribution in [1.29, 1.82) is 0 Å². The van der Waals surface area contributed by atoms with Gasteiger partial charge in [0.1, 0.15) is 10.8 Å². The Bertz CT molecular complexity index is 768. The van der Waals surface area contributed by atoms with E-state index in [1.165, 1.54) is 6.20 Å². The van der Waals surface area contributed by atoms with Crippen molar-refractivity contribution < 1.29 is 22.7 Å². The van der Waals surface area contributed by atoms with E-state index in [2.05, 4.69) is 10.3 Å². The number of carbonyl (C=O) groups excluding carboxylic acids is 1. The number of hydrogen-bond donors (Lipinski definition) is 1. The molecule has 1 aromatic heterocycles. The molecular weight excluding hydrogens is 389 g/mol. The number of ether oxygens (including phenoxy) is 1. The zero-order valence-electron chi connectivity index (χ0n) is 15.8. The number of carbonyl (C=O) groups is 1. The Morgan fingerprint density at radius 1 is 1.29 bits per heavy atom. The van der Waals surface area contributed by atoms with E-state index in [9.17, 15) is 18.0 Å². The smallest absolute Gasteiger partial charge is 0.274 e. The highest BCUT2D eigenvalue weighted by molar-refractivity contribution is 7.99. The summed E-state index contributed by atoms with van der Waals surface area (Å²) in [5, 5.41) is 3.17. The van der Waals surface area contributed by atoms with Crippen LogP contribution in [0.25, 0.3) is 0 Å². The molecule has 2 rings (SSSR count). The standard InChI is InChI=1S/C20H23F3N2O2S/c1-3-16(27-2)13-25-18(26)17-5-4-11-24-19(17)28-12-10-20(22,23)14-6-8-15(21)9-7-14/h4-9,11,16H,3,10,12-13H2,1-2H3,(H,25,26). The summed E-state index contributed by atoms with van der Waals surface area (Å²) in [4.78, 5) is 16.6. The Morgan fingerprint density at radius 2 is 2.00 bits per heavy atom. The van der Waals surface area contributed by atoms with Gasteiger partial charge in [-0.3, -0.25) is 4.79 Å². The third-order valence-electron chi connectivity index (χ3n) is 4.22. The van der Waals surface area contributed by atoms with Crippen LogP contribution in [0.1, 0.15) is 35.7 Å². The molecule has 0 aliphatic carbocycles. The summed E-state index contributed by atoms with van der Waals surface area (Å²) in [5.74, 6) is -3.92. The van der Waals surface area contributed by atoms with Crippen LogP contribution in [-0.2, 0) is 10.7 Å². The van der Waals surface area contributed by atoms with E-state index in [0.29, 0.717) is 17.1 Å². The Morgan fingerprint density at radius 3 is 2.64 bits per heavy atom. The summed E-state index contributed by atoms with van der Waals surface area (Å²) in [6.07, 6.45) is 1.72. The fraction of sp³-hybridized carbons (Fsp3) is 0.400. The molecule has 28 heavy (non-hydrogen) atoms. The molecule has 0 fully saturated rings. The number of thioether (sulfide) groups is 1. The molecule has 0 aliphatic heterocycles. The molecule has 1 atom stereocenters. The van der Waals surface area contributed by atoms with Crippen LogP contribution in [0.3, 0.4) is 0 Å². The highest BCUT2D eigenvalue weighted by atomic mass is 32.2. The van der Waals surface area contributed by atoms with Gasteiger partial charge in [-0.2, -0.15) is 0 Å². The molecule has 0 bridgehead atoms. The van der Waals surface area contributed by atoms with E-state index >= 15 is 0 Å². The quantitative estimate of drug-likeness (QED) is 0.577. The number of pyridine rings is 1. The van der Waals surface area contributed by atoms with Crippen molar-refractivity contribution in [1.82, 2.24) is 10.3 Å². The van der Waals surface area contributed by atoms with Gasteiger partial charge in [0.05, 0.1) is 11.7 Å². The molecule has 4 nitrogen and oxygen atoms in total. The monoisotopic (exact) mass is 412 g/mol. The zero-order chi connectivity index (χ0) is 20.6. The largest absolute Gasteiger partial charge is 0.380 e. The van der Waals surface area contributed by atoms with Crippen molar-refractivity contribution in [3.05, 3.63) is 59.5 Å². The van der Waals surface area contributed by atoms with Gasteiger partial charge in [0.2, 0.25) is 0 Å². The zero-order valence-corrected chi connectivity index (χ0v) is 16.6. The first-order valence-electron chi connectivity index (χ1n) is 8.90. The second kappa shape index (κ2) is 10.5. The summed E-state index contributed by atoms with van der Waals surface area (Å²) in [6, 6.07) is 7.43. The molecule has 1 heterocycles. The van der Waals surface area contributed by atoms with Crippen molar-refractivity contribution in [2.45, 2.75) is 36.8 Å². The molecule has 8 heteroatoms. The molecule has 0 saturated carbocycles. The maximum Gasteiger partial charge on any atom is 0.274 e. The van der Waals surface area contributed by atoms with Crippen LogP contribution in [0, 0.1) is 5.82 Å². The van der Waals surface area contributed by atoms with E-state index in [1.807, 2.05) is 6.92 Å². The Kier molecular flexibility index (Phi) is 8.32. The van der Waals surface area contributed by atoms with Crippen LogP contribution in [0.5, 0.6) is 0 Å². The highest BCUT2D eigenvalue weighted by Crippen LogP contribution is 2.34. The lowest BCUT2D eigenvalue weighted by molar-refractivity contribution is -0.00707. The number of halogens is 3. The number of nitrogens with zero attached hydrogens (tertiary/aromatic N) is 1. The number of alkyl halides is 2. The molecule has 152 valence electrons. The van der Waals surface area contributed by atoms with Gasteiger partial charge < -0.3 is 10.1 Å². The minimum atomic E-state index is -3.09. The number of rotatable bonds is 10. The molecular formula is C20H23F3N2O2S. The second-order valence-electron chi connectivity index (χ2n) is 6.14. The minimum absolute atomic E-state index is 0.0529. The van der Waals surface area contributed by atoms with E-state index in [0.717, 1.165) is 42.4 Å². The average Bonchev–Trinajstić information content (AvgIpc) is 2.69. The van der Waals surface area contributed by atoms with Gasteiger partial charge >= 0.3 is 0 Å². The molecule has 1 N–H and O–H groups in total. The van der Waals surface area contributed by atoms with Crippen molar-refractivity contribution >= 4 is 17.7 Å². The van der Waals surface area contributed by atoms with E-state index in [4.69, 9.17) is 4.74 Å². The Balaban J connectivity index is 1.97. The molecule has 1 aromatic carbocycles. The molecule has 0 radical (unpaired) electrons. The van der Waals surface area contributed by atoms with Crippen molar-refractivity contribution in [2.75, 3.05) is 19.4 Å². The first-order chi connectivity index (χ1) is 13.4. The Hall–Kier alpha value is -2.06. The van der Waals surface area contributed by atoms with Gasteiger partial charge in [0.15, 0.2) is 0 Å². The highest BCUT2D eigenvalue weighted by Gasteiger charge is 2.31. The van der Waals surface area contributed by atoms with Gasteiger partial charge in [0, 0.05) is 37.6 Å². The SMILES string of the molecule is CCC(CNC(=O)c1cccnc1SCCC(F)(F)c1ccc(F)cc1)OC. The molecule has 1 amide bonds. The maximum absolute atomic E-state index is 14.3. The maximum atomic E-state index is 14.3. The van der Waals surface area contributed by atoms with Crippen LogP contribution < -0.4 is 5.32 Å². The fourth-order valence-electron chi connectivity index (χ4n) is 2.49.